The van der Waals surface area contributed by atoms with E-state index in [9.17, 15) is 0 Å². The number of benzene rings is 2. The predicted octanol–water partition coefficient (Wildman–Crippen LogP) is 5.63. The third-order valence-electron chi connectivity index (χ3n) is 5.12. The molecule has 5 rings (SSSR count). The van der Waals surface area contributed by atoms with Crippen molar-refractivity contribution in [3.63, 3.8) is 0 Å². The minimum absolute atomic E-state index is 0.0384. The number of hydrogen-bond donors (Lipinski definition) is 1. The van der Waals surface area contributed by atoms with Gasteiger partial charge in [0.25, 0.3) is 0 Å². The largest absolute Gasteiger partial charge is 0.490 e. The van der Waals surface area contributed by atoms with Crippen LogP contribution in [0.25, 0.3) is 5.70 Å². The number of aryl methyl sites for hydroxylation is 1. The summed E-state index contributed by atoms with van der Waals surface area (Å²) < 4.78 is 18.2. The van der Waals surface area contributed by atoms with Crippen LogP contribution in [-0.4, -0.2) is 11.6 Å². The molecule has 5 nitrogen and oxygen atoms in total. The maximum absolute atomic E-state index is 6.48. The molecule has 2 atom stereocenters. The molecule has 0 aliphatic carbocycles. The van der Waals surface area contributed by atoms with Crippen molar-refractivity contribution >= 4 is 17.3 Å². The maximum Gasteiger partial charge on any atom is 0.196 e. The number of hydrazine groups is 1. The lowest BCUT2D eigenvalue weighted by atomic mass is 10.0. The number of fused-ring (bicyclic) bond motifs is 3. The van der Waals surface area contributed by atoms with E-state index >= 15 is 0 Å². The molecular formula is C23H21ClN2O3. The fourth-order valence-electron chi connectivity index (χ4n) is 3.86. The van der Waals surface area contributed by atoms with Crippen molar-refractivity contribution in [3.8, 4) is 11.5 Å². The Kier molecular flexibility index (Phi) is 4.49. The topological polar surface area (TPSA) is 46.9 Å². The van der Waals surface area contributed by atoms with Crippen LogP contribution in [0.3, 0.4) is 0 Å². The Bertz CT molecular complexity index is 1090. The first-order valence-electron chi connectivity index (χ1n) is 9.65. The number of para-hydroxylation sites is 1. The average Bonchev–Trinajstić information content (AvgIpc) is 3.34. The van der Waals surface area contributed by atoms with Crippen molar-refractivity contribution in [1.82, 2.24) is 10.4 Å². The first kappa shape index (κ1) is 18.2. The van der Waals surface area contributed by atoms with E-state index < -0.39 is 0 Å². The van der Waals surface area contributed by atoms with Crippen LogP contribution in [-0.2, 0) is 0 Å². The van der Waals surface area contributed by atoms with Crippen LogP contribution in [0.4, 0.5) is 0 Å². The molecule has 0 bridgehead atoms. The summed E-state index contributed by atoms with van der Waals surface area (Å²) in [7, 11) is 0. The molecule has 1 aromatic heterocycles. The molecule has 0 fully saturated rings. The monoisotopic (exact) mass is 408 g/mol. The third kappa shape index (κ3) is 3.16. The Hall–Kier alpha value is -2.89. The fraction of sp³-hybridized carbons (Fsp3) is 0.217. The molecule has 0 spiro atoms. The molecule has 0 saturated carbocycles. The molecule has 2 aliphatic heterocycles. The van der Waals surface area contributed by atoms with Gasteiger partial charge in [-0.2, -0.15) is 5.01 Å². The van der Waals surface area contributed by atoms with Crippen molar-refractivity contribution < 1.29 is 13.9 Å². The van der Waals surface area contributed by atoms with Gasteiger partial charge in [0.05, 0.1) is 18.3 Å². The summed E-state index contributed by atoms with van der Waals surface area (Å²) in [5, 5.41) is 2.75. The highest BCUT2D eigenvalue weighted by Gasteiger charge is 2.41. The summed E-state index contributed by atoms with van der Waals surface area (Å²) in [6.45, 7) is 4.48. The standard InChI is InChI=1S/C23H21ClN2O3/c1-3-27-21-9-5-8-17-19-13-18(20-11-10-14(2)28-20)25-26(19)23(29-22(17)21)15-6-4-7-16(24)12-15/h4-13,19,23,25H,3H2,1-2H3. The molecule has 29 heavy (non-hydrogen) atoms. The number of ether oxygens (including phenoxy) is 2. The molecule has 0 amide bonds. The lowest BCUT2D eigenvalue weighted by Crippen LogP contribution is -2.43. The van der Waals surface area contributed by atoms with Crippen LogP contribution in [0.1, 0.15) is 41.8 Å². The van der Waals surface area contributed by atoms with E-state index in [1.807, 2.05) is 62.4 Å². The zero-order chi connectivity index (χ0) is 20.0. The van der Waals surface area contributed by atoms with Crippen LogP contribution in [0.5, 0.6) is 11.5 Å². The Morgan fingerprint density at radius 1 is 1.14 bits per heavy atom. The van der Waals surface area contributed by atoms with E-state index in [4.69, 9.17) is 25.5 Å². The summed E-state index contributed by atoms with van der Waals surface area (Å²) >= 11 is 6.27. The summed E-state index contributed by atoms with van der Waals surface area (Å²) in [6, 6.07) is 17.6. The van der Waals surface area contributed by atoms with E-state index in [0.717, 1.165) is 39.8 Å². The highest BCUT2D eigenvalue weighted by atomic mass is 35.5. The van der Waals surface area contributed by atoms with Crippen LogP contribution in [0, 0.1) is 6.92 Å². The maximum atomic E-state index is 6.48. The Morgan fingerprint density at radius 2 is 2.00 bits per heavy atom. The molecule has 3 aromatic rings. The van der Waals surface area contributed by atoms with E-state index in [2.05, 4.69) is 22.6 Å². The highest BCUT2D eigenvalue weighted by molar-refractivity contribution is 6.30. The van der Waals surface area contributed by atoms with Gasteiger partial charge in [0.1, 0.15) is 5.76 Å². The van der Waals surface area contributed by atoms with Gasteiger partial charge in [-0.05, 0) is 50.3 Å². The second-order valence-corrected chi connectivity index (χ2v) is 7.52. The lowest BCUT2D eigenvalue weighted by Gasteiger charge is -2.39. The van der Waals surface area contributed by atoms with Crippen LogP contribution < -0.4 is 14.9 Å². The van der Waals surface area contributed by atoms with E-state index in [0.29, 0.717) is 11.6 Å². The first-order valence-corrected chi connectivity index (χ1v) is 10.0. The summed E-state index contributed by atoms with van der Waals surface area (Å²) in [6.07, 6.45) is 1.78. The second kappa shape index (κ2) is 7.17. The zero-order valence-corrected chi connectivity index (χ0v) is 16.9. The number of rotatable bonds is 4. The second-order valence-electron chi connectivity index (χ2n) is 7.09. The van der Waals surface area contributed by atoms with Gasteiger partial charge >= 0.3 is 0 Å². The van der Waals surface area contributed by atoms with Crippen molar-refractivity contribution in [2.24, 2.45) is 0 Å². The summed E-state index contributed by atoms with van der Waals surface area (Å²) in [5.41, 5.74) is 6.38. The molecule has 2 aliphatic rings. The van der Waals surface area contributed by atoms with E-state index in [1.54, 1.807) is 0 Å². The van der Waals surface area contributed by atoms with E-state index in [-0.39, 0.29) is 12.3 Å². The Labute approximate surface area is 174 Å². The van der Waals surface area contributed by atoms with Crippen molar-refractivity contribution in [3.05, 3.63) is 88.3 Å². The van der Waals surface area contributed by atoms with E-state index in [1.165, 1.54) is 0 Å². The Balaban J connectivity index is 1.62. The molecule has 2 unspecified atom stereocenters. The quantitative estimate of drug-likeness (QED) is 0.605. The first-order chi connectivity index (χ1) is 14.1. The van der Waals surface area contributed by atoms with Crippen LogP contribution in [0.2, 0.25) is 5.02 Å². The number of furan rings is 1. The number of nitrogens with zero attached hydrogens (tertiary/aromatic N) is 1. The summed E-state index contributed by atoms with van der Waals surface area (Å²) in [5.74, 6) is 3.17. The number of nitrogens with one attached hydrogen (secondary N) is 1. The molecule has 0 radical (unpaired) electrons. The smallest absolute Gasteiger partial charge is 0.196 e. The Morgan fingerprint density at radius 3 is 2.76 bits per heavy atom. The minimum atomic E-state index is -0.377. The highest BCUT2D eigenvalue weighted by Crippen LogP contribution is 2.49. The van der Waals surface area contributed by atoms with Gasteiger partial charge in [-0.15, -0.1) is 0 Å². The van der Waals surface area contributed by atoms with Gasteiger partial charge in [0.15, 0.2) is 23.5 Å². The molecule has 2 aromatic carbocycles. The van der Waals surface area contributed by atoms with Crippen molar-refractivity contribution in [1.29, 1.82) is 0 Å². The molecule has 6 heteroatoms. The minimum Gasteiger partial charge on any atom is -0.490 e. The van der Waals surface area contributed by atoms with Gasteiger partial charge in [0.2, 0.25) is 0 Å². The van der Waals surface area contributed by atoms with Gasteiger partial charge < -0.3 is 19.3 Å². The average molecular weight is 409 g/mol. The van der Waals surface area contributed by atoms with Crippen LogP contribution in [0.15, 0.2) is 65.1 Å². The lowest BCUT2D eigenvalue weighted by molar-refractivity contribution is -0.0347. The number of halogens is 1. The van der Waals surface area contributed by atoms with Gasteiger partial charge in [0, 0.05) is 16.1 Å². The predicted molar refractivity (Wildman–Crippen MR) is 112 cm³/mol. The van der Waals surface area contributed by atoms with Gasteiger partial charge in [-0.3, -0.25) is 0 Å². The molecule has 3 heterocycles. The normalized spacial score (nSPS) is 20.3. The molecular weight excluding hydrogens is 388 g/mol. The number of hydrogen-bond acceptors (Lipinski definition) is 5. The fourth-order valence-corrected chi connectivity index (χ4v) is 4.06. The molecule has 148 valence electrons. The van der Waals surface area contributed by atoms with Gasteiger partial charge in [-0.25, -0.2) is 0 Å². The van der Waals surface area contributed by atoms with Crippen molar-refractivity contribution in [2.75, 3.05) is 6.61 Å². The van der Waals surface area contributed by atoms with Crippen LogP contribution >= 0.6 is 11.6 Å². The summed E-state index contributed by atoms with van der Waals surface area (Å²) in [4.78, 5) is 0. The van der Waals surface area contributed by atoms with Gasteiger partial charge in [-0.1, -0.05) is 35.9 Å². The molecule has 1 N–H and O–H groups in total. The van der Waals surface area contributed by atoms with Crippen molar-refractivity contribution in [2.45, 2.75) is 26.1 Å². The molecule has 0 saturated heterocycles. The SMILES string of the molecule is CCOc1cccc2c1OC(c1cccc(Cl)c1)N1NC(c3ccc(C)o3)=CC21. The third-order valence-corrected chi connectivity index (χ3v) is 5.36. The zero-order valence-electron chi connectivity index (χ0n) is 16.2.